The van der Waals surface area contributed by atoms with E-state index in [2.05, 4.69) is 48.5 Å². The first-order chi connectivity index (χ1) is 54.3. The van der Waals surface area contributed by atoms with Gasteiger partial charge in [0.15, 0.2) is 12.2 Å². The van der Waals surface area contributed by atoms with Crippen LogP contribution in [0.1, 0.15) is 498 Å². The number of hydrogen-bond donors (Lipinski definition) is 3. The fourth-order valence-corrected chi connectivity index (χ4v) is 16.2. The highest BCUT2D eigenvalue weighted by molar-refractivity contribution is 7.47. The van der Waals surface area contributed by atoms with Crippen molar-refractivity contribution < 1.29 is 80.2 Å². The predicted octanol–water partition coefficient (Wildman–Crippen LogP) is 28.8. The molecule has 666 valence electrons. The minimum absolute atomic E-state index is 0.107. The van der Waals surface area contributed by atoms with E-state index < -0.39 is 97.5 Å². The Morgan fingerprint density at radius 1 is 0.259 bits per heavy atom. The molecule has 19 heteroatoms. The average Bonchev–Trinajstić information content (AvgIpc) is 0.898. The molecule has 0 aromatic heterocycles. The summed E-state index contributed by atoms with van der Waals surface area (Å²) in [6.07, 6.45) is 76.6. The average molecular weight is 1630 g/mol. The predicted molar refractivity (Wildman–Crippen MR) is 465 cm³/mol. The Morgan fingerprint density at radius 3 is 0.679 bits per heavy atom. The van der Waals surface area contributed by atoms with Crippen molar-refractivity contribution in [3.63, 3.8) is 0 Å². The number of rotatable bonds is 91. The maximum absolute atomic E-state index is 13.2. The van der Waals surface area contributed by atoms with Crippen molar-refractivity contribution in [3.05, 3.63) is 0 Å². The largest absolute Gasteiger partial charge is 0.472 e. The molecule has 0 aromatic carbocycles. The fraction of sp³-hybridized carbons (Fsp3) is 0.957. The lowest BCUT2D eigenvalue weighted by molar-refractivity contribution is -0.161. The van der Waals surface area contributed by atoms with Gasteiger partial charge in [-0.1, -0.05) is 447 Å². The van der Waals surface area contributed by atoms with Gasteiger partial charge in [-0.15, -0.1) is 0 Å². The van der Waals surface area contributed by atoms with E-state index in [4.69, 9.17) is 37.0 Å². The van der Waals surface area contributed by atoms with Gasteiger partial charge < -0.3 is 33.8 Å². The molecule has 6 atom stereocenters. The Labute approximate surface area is 689 Å². The number of hydrogen-bond acceptors (Lipinski definition) is 15. The summed E-state index contributed by atoms with van der Waals surface area (Å²) < 4.78 is 69.1. The molecular weight excluding hydrogens is 1450 g/mol. The maximum atomic E-state index is 13.2. The first-order valence-electron chi connectivity index (χ1n) is 47.9. The summed E-state index contributed by atoms with van der Waals surface area (Å²) in [5.74, 6) is 0.302. The minimum Gasteiger partial charge on any atom is -0.462 e. The third-order valence-electron chi connectivity index (χ3n) is 22.2. The topological polar surface area (TPSA) is 237 Å². The van der Waals surface area contributed by atoms with Crippen LogP contribution in [0, 0.1) is 17.8 Å². The third kappa shape index (κ3) is 84.5. The van der Waals surface area contributed by atoms with Crippen LogP contribution in [0.4, 0.5) is 0 Å². The van der Waals surface area contributed by atoms with Gasteiger partial charge in [-0.25, -0.2) is 9.13 Å². The number of phosphoric ester groups is 2. The third-order valence-corrected chi connectivity index (χ3v) is 24.1. The van der Waals surface area contributed by atoms with E-state index in [-0.39, 0.29) is 25.7 Å². The van der Waals surface area contributed by atoms with Crippen molar-refractivity contribution >= 4 is 39.5 Å². The van der Waals surface area contributed by atoms with Gasteiger partial charge in [0.2, 0.25) is 0 Å². The van der Waals surface area contributed by atoms with Crippen LogP contribution in [0.15, 0.2) is 0 Å². The van der Waals surface area contributed by atoms with E-state index >= 15 is 0 Å². The second kappa shape index (κ2) is 82.7. The number of aliphatic hydroxyl groups is 1. The van der Waals surface area contributed by atoms with Crippen molar-refractivity contribution in [2.75, 3.05) is 39.6 Å². The van der Waals surface area contributed by atoms with E-state index in [9.17, 15) is 43.2 Å². The number of aliphatic hydroxyl groups excluding tert-OH is 1. The van der Waals surface area contributed by atoms with Crippen LogP contribution in [0.5, 0.6) is 0 Å². The Hall–Kier alpha value is -1.94. The molecular formula is C93H182O17P2. The standard InChI is InChI=1S/C93H182O17P2/c1-8-10-11-12-13-14-15-16-17-18-19-20-21-25-30-35-40-45-53-60-67-74-90(95)103-80-88(109-92(97)76-69-62-55-46-41-36-31-26-23-22-24-29-34-39-44-52-59-66-73-86(7)9-2)82-107-111(99,100)105-78-87(94)79-106-112(101,102)108-83-89(81-104-91(96)75-68-61-54-49-48-51-58-65-72-85(5)6)110-93(98)77-70-63-56-47-42-37-32-27-28-33-38-43-50-57-64-71-84(3)4/h84-89,94H,8-83H2,1-7H3,(H,99,100)(H,101,102)/t86?,87-,88-,89-/m1/s1. The maximum Gasteiger partial charge on any atom is 0.472 e. The van der Waals surface area contributed by atoms with Gasteiger partial charge in [0, 0.05) is 25.7 Å². The second-order valence-electron chi connectivity index (χ2n) is 34.6. The highest BCUT2D eigenvalue weighted by atomic mass is 31.2. The van der Waals surface area contributed by atoms with E-state index in [0.29, 0.717) is 25.7 Å². The molecule has 0 aliphatic rings. The van der Waals surface area contributed by atoms with Crippen LogP contribution < -0.4 is 0 Å². The molecule has 3 unspecified atom stereocenters. The molecule has 0 saturated heterocycles. The Balaban J connectivity index is 5.23. The Morgan fingerprint density at radius 2 is 0.455 bits per heavy atom. The van der Waals surface area contributed by atoms with E-state index in [1.165, 1.54) is 308 Å². The van der Waals surface area contributed by atoms with Crippen LogP contribution >= 0.6 is 15.6 Å². The minimum atomic E-state index is -4.97. The van der Waals surface area contributed by atoms with Crippen molar-refractivity contribution in [2.24, 2.45) is 17.8 Å². The number of ether oxygens (including phenoxy) is 4. The molecule has 0 aliphatic carbocycles. The molecule has 17 nitrogen and oxygen atoms in total. The van der Waals surface area contributed by atoms with Crippen molar-refractivity contribution in [3.8, 4) is 0 Å². The van der Waals surface area contributed by atoms with Gasteiger partial charge >= 0.3 is 39.5 Å². The molecule has 112 heavy (non-hydrogen) atoms. The van der Waals surface area contributed by atoms with Gasteiger partial charge in [0.1, 0.15) is 19.3 Å². The van der Waals surface area contributed by atoms with Crippen LogP contribution in [-0.4, -0.2) is 96.7 Å². The molecule has 0 spiro atoms. The SMILES string of the molecule is CCCCCCCCCCCCCCCCCCCCCCCC(=O)OC[C@H](COP(=O)(O)OC[C@@H](O)COP(=O)(O)OC[C@@H](COC(=O)CCCCCCCCCCC(C)C)OC(=O)CCCCCCCCCCCCCCCCCC(C)C)OC(=O)CCCCCCCCCCCCCCCCCCCCC(C)CC. The van der Waals surface area contributed by atoms with Crippen molar-refractivity contribution in [1.29, 1.82) is 0 Å². The van der Waals surface area contributed by atoms with Gasteiger partial charge in [-0.3, -0.25) is 37.3 Å². The molecule has 0 radical (unpaired) electrons. The molecule has 3 N–H and O–H groups in total. The van der Waals surface area contributed by atoms with Crippen LogP contribution in [0.2, 0.25) is 0 Å². The van der Waals surface area contributed by atoms with E-state index in [0.717, 1.165) is 108 Å². The quantitative estimate of drug-likeness (QED) is 0.0222. The van der Waals surface area contributed by atoms with Gasteiger partial charge in [-0.2, -0.15) is 0 Å². The highest BCUT2D eigenvalue weighted by Crippen LogP contribution is 2.45. The number of esters is 4. The molecule has 0 aromatic rings. The normalized spacial score (nSPS) is 14.0. The summed E-state index contributed by atoms with van der Waals surface area (Å²) >= 11 is 0. The Kier molecular flexibility index (Phi) is 81.3. The lowest BCUT2D eigenvalue weighted by atomic mass is 9.99. The first kappa shape index (κ1) is 110. The molecule has 0 amide bonds. The van der Waals surface area contributed by atoms with Crippen molar-refractivity contribution in [2.45, 2.75) is 516 Å². The van der Waals surface area contributed by atoms with Crippen LogP contribution in [0.25, 0.3) is 0 Å². The molecule has 0 saturated carbocycles. The lowest BCUT2D eigenvalue weighted by Gasteiger charge is -2.21. The number of unbranched alkanes of at least 4 members (excludes halogenated alkanes) is 58. The summed E-state index contributed by atoms with van der Waals surface area (Å²) in [6, 6.07) is 0. The monoisotopic (exact) mass is 1630 g/mol. The Bertz CT molecular complexity index is 2150. The number of carbonyl (C=O) groups excluding carboxylic acids is 4. The van der Waals surface area contributed by atoms with Gasteiger partial charge in [0.05, 0.1) is 26.4 Å². The zero-order chi connectivity index (χ0) is 82.2. The molecule has 0 rings (SSSR count). The fourth-order valence-electron chi connectivity index (χ4n) is 14.6. The smallest absolute Gasteiger partial charge is 0.462 e. The zero-order valence-corrected chi connectivity index (χ0v) is 75.9. The highest BCUT2D eigenvalue weighted by Gasteiger charge is 2.31. The van der Waals surface area contributed by atoms with Crippen LogP contribution in [0.3, 0.4) is 0 Å². The summed E-state index contributed by atoms with van der Waals surface area (Å²) in [5, 5.41) is 10.7. The first-order valence-corrected chi connectivity index (χ1v) is 50.9. The molecule has 0 fully saturated rings. The molecule has 0 aliphatic heterocycles. The molecule has 0 bridgehead atoms. The summed E-state index contributed by atoms with van der Waals surface area (Å²) in [6.45, 7) is 12.1. The molecule has 0 heterocycles. The van der Waals surface area contributed by atoms with Crippen molar-refractivity contribution in [1.82, 2.24) is 0 Å². The number of phosphoric acid groups is 2. The summed E-state index contributed by atoms with van der Waals surface area (Å²) in [4.78, 5) is 73.5. The van der Waals surface area contributed by atoms with E-state index in [1.54, 1.807) is 0 Å². The zero-order valence-electron chi connectivity index (χ0n) is 74.2. The second-order valence-corrected chi connectivity index (χ2v) is 37.5. The summed E-state index contributed by atoms with van der Waals surface area (Å²) in [7, 11) is -9.94. The lowest BCUT2D eigenvalue weighted by Crippen LogP contribution is -2.30. The van der Waals surface area contributed by atoms with E-state index in [1.807, 2.05) is 0 Å². The summed E-state index contributed by atoms with van der Waals surface area (Å²) in [5.41, 5.74) is 0. The number of carbonyl (C=O) groups is 4. The van der Waals surface area contributed by atoms with Gasteiger partial charge in [-0.05, 0) is 43.4 Å². The van der Waals surface area contributed by atoms with Gasteiger partial charge in [0.25, 0.3) is 0 Å². The van der Waals surface area contributed by atoms with Crippen LogP contribution in [-0.2, 0) is 65.4 Å².